The Morgan fingerprint density at radius 2 is 2.17 bits per heavy atom. The Kier molecular flexibility index (Phi) is 4.07. The van der Waals surface area contributed by atoms with Crippen molar-refractivity contribution in [1.82, 2.24) is 9.97 Å². The van der Waals surface area contributed by atoms with Crippen LogP contribution in [0.5, 0.6) is 0 Å². The van der Waals surface area contributed by atoms with E-state index in [9.17, 15) is 9.18 Å². The summed E-state index contributed by atoms with van der Waals surface area (Å²) in [7, 11) is 0. The van der Waals surface area contributed by atoms with Crippen LogP contribution in [0.15, 0.2) is 30.6 Å². The summed E-state index contributed by atoms with van der Waals surface area (Å²) in [5, 5.41) is 2.01. The molecule has 7 heteroatoms. The van der Waals surface area contributed by atoms with Gasteiger partial charge in [0.1, 0.15) is 6.33 Å². The SMILES string of the molecule is O=C(Nc1ncnc(Cl)c1F)c1cccc(I)c1. The number of rotatable bonds is 2. The molecule has 0 unspecified atom stereocenters. The predicted octanol–water partition coefficient (Wildman–Crippen LogP) is 3.13. The van der Waals surface area contributed by atoms with Crippen LogP contribution in [0.3, 0.4) is 0 Å². The molecule has 4 nitrogen and oxygen atoms in total. The molecule has 0 saturated carbocycles. The zero-order valence-electron chi connectivity index (χ0n) is 8.82. The molecule has 92 valence electrons. The summed E-state index contributed by atoms with van der Waals surface area (Å²) in [5.41, 5.74) is 0.413. The summed E-state index contributed by atoms with van der Waals surface area (Å²) in [6, 6.07) is 6.88. The summed E-state index contributed by atoms with van der Waals surface area (Å²) < 4.78 is 14.4. The van der Waals surface area contributed by atoms with Crippen molar-refractivity contribution in [3.8, 4) is 0 Å². The van der Waals surface area contributed by atoms with Gasteiger partial charge >= 0.3 is 0 Å². The molecule has 2 rings (SSSR count). The molecule has 0 atom stereocenters. The van der Waals surface area contributed by atoms with Crippen LogP contribution < -0.4 is 5.32 Å². The van der Waals surface area contributed by atoms with Crippen LogP contribution >= 0.6 is 34.2 Å². The van der Waals surface area contributed by atoms with Gasteiger partial charge in [0, 0.05) is 9.13 Å². The molecule has 0 bridgehead atoms. The summed E-state index contributed by atoms with van der Waals surface area (Å²) in [4.78, 5) is 18.9. The first-order valence-corrected chi connectivity index (χ1v) is 6.26. The van der Waals surface area contributed by atoms with Crippen molar-refractivity contribution in [1.29, 1.82) is 0 Å². The van der Waals surface area contributed by atoms with Crippen molar-refractivity contribution in [3.05, 3.63) is 50.7 Å². The Bertz CT molecular complexity index is 609. The number of nitrogens with zero attached hydrogens (tertiary/aromatic N) is 2. The highest BCUT2D eigenvalue weighted by molar-refractivity contribution is 14.1. The number of aromatic nitrogens is 2. The minimum absolute atomic E-state index is 0.237. The van der Waals surface area contributed by atoms with E-state index in [1.807, 2.05) is 6.07 Å². The quantitative estimate of drug-likeness (QED) is 0.646. The second kappa shape index (κ2) is 5.57. The first-order valence-electron chi connectivity index (χ1n) is 4.81. The average molecular weight is 378 g/mol. The molecule has 18 heavy (non-hydrogen) atoms. The van der Waals surface area contributed by atoms with Gasteiger partial charge in [-0.15, -0.1) is 0 Å². The van der Waals surface area contributed by atoms with Crippen molar-refractivity contribution in [3.63, 3.8) is 0 Å². The van der Waals surface area contributed by atoms with E-state index in [-0.39, 0.29) is 11.0 Å². The van der Waals surface area contributed by atoms with E-state index in [0.717, 1.165) is 9.90 Å². The van der Waals surface area contributed by atoms with Crippen LogP contribution in [-0.2, 0) is 0 Å². The van der Waals surface area contributed by atoms with E-state index in [0.29, 0.717) is 5.56 Å². The second-order valence-corrected chi connectivity index (χ2v) is 4.90. The average Bonchev–Trinajstić information content (AvgIpc) is 2.35. The molecule has 0 aliphatic rings. The molecular formula is C11H6ClFIN3O. The smallest absolute Gasteiger partial charge is 0.256 e. The molecule has 0 spiro atoms. The lowest BCUT2D eigenvalue weighted by atomic mass is 10.2. The van der Waals surface area contributed by atoms with Gasteiger partial charge in [-0.05, 0) is 40.8 Å². The Hall–Kier alpha value is -1.28. The molecule has 0 radical (unpaired) electrons. The van der Waals surface area contributed by atoms with E-state index < -0.39 is 11.7 Å². The number of benzene rings is 1. The van der Waals surface area contributed by atoms with Gasteiger partial charge in [0.2, 0.25) is 5.82 Å². The Balaban J connectivity index is 2.24. The number of anilines is 1. The second-order valence-electron chi connectivity index (χ2n) is 3.29. The molecule has 1 N–H and O–H groups in total. The third-order valence-electron chi connectivity index (χ3n) is 2.07. The highest BCUT2D eigenvalue weighted by Crippen LogP contribution is 2.18. The summed E-state index contributed by atoms with van der Waals surface area (Å²) in [6.07, 6.45) is 1.08. The van der Waals surface area contributed by atoms with Gasteiger partial charge in [-0.3, -0.25) is 4.79 Å². The summed E-state index contributed by atoms with van der Waals surface area (Å²) >= 11 is 7.57. The van der Waals surface area contributed by atoms with Crippen LogP contribution in [0.2, 0.25) is 5.15 Å². The fourth-order valence-corrected chi connectivity index (χ4v) is 1.92. The maximum Gasteiger partial charge on any atom is 0.256 e. The van der Waals surface area contributed by atoms with E-state index >= 15 is 0 Å². The molecule has 1 heterocycles. The van der Waals surface area contributed by atoms with Crippen molar-refractivity contribution in [2.75, 3.05) is 5.32 Å². The predicted molar refractivity (Wildman–Crippen MR) is 74.1 cm³/mol. The lowest BCUT2D eigenvalue weighted by Gasteiger charge is -2.05. The molecule has 1 amide bonds. The van der Waals surface area contributed by atoms with E-state index in [1.165, 1.54) is 0 Å². The highest BCUT2D eigenvalue weighted by Gasteiger charge is 2.13. The maximum atomic E-state index is 13.5. The standard InChI is InChI=1S/C11H6ClFIN3O/c12-9-8(13)10(16-5-15-9)17-11(18)6-2-1-3-7(14)4-6/h1-5H,(H,15,16,17,18). The van der Waals surface area contributed by atoms with Gasteiger partial charge in [-0.25, -0.2) is 9.97 Å². The third-order valence-corrected chi connectivity index (χ3v) is 3.00. The van der Waals surface area contributed by atoms with Gasteiger partial charge in [0.25, 0.3) is 5.91 Å². The Labute approximate surface area is 121 Å². The van der Waals surface area contributed by atoms with Gasteiger partial charge in [-0.2, -0.15) is 4.39 Å². The van der Waals surface area contributed by atoms with Crippen LogP contribution in [-0.4, -0.2) is 15.9 Å². The number of amides is 1. The van der Waals surface area contributed by atoms with E-state index in [2.05, 4.69) is 37.9 Å². The first kappa shape index (κ1) is 13.2. The number of hydrogen-bond acceptors (Lipinski definition) is 3. The zero-order chi connectivity index (χ0) is 13.1. The van der Waals surface area contributed by atoms with Gasteiger partial charge in [0.05, 0.1) is 0 Å². The van der Waals surface area contributed by atoms with Gasteiger partial charge in [-0.1, -0.05) is 17.7 Å². The molecule has 0 saturated heterocycles. The van der Waals surface area contributed by atoms with Crippen LogP contribution in [0.1, 0.15) is 10.4 Å². The fourth-order valence-electron chi connectivity index (χ4n) is 1.24. The molecular weight excluding hydrogens is 371 g/mol. The zero-order valence-corrected chi connectivity index (χ0v) is 11.7. The van der Waals surface area contributed by atoms with Crippen molar-refractivity contribution < 1.29 is 9.18 Å². The van der Waals surface area contributed by atoms with E-state index in [4.69, 9.17) is 11.6 Å². The lowest BCUT2D eigenvalue weighted by molar-refractivity contribution is 0.102. The number of carbonyl (C=O) groups excluding carboxylic acids is 1. The molecule has 0 aliphatic heterocycles. The Morgan fingerprint density at radius 3 is 2.89 bits per heavy atom. The number of nitrogens with one attached hydrogen (secondary N) is 1. The maximum absolute atomic E-state index is 13.5. The molecule has 2 aromatic rings. The number of hydrogen-bond donors (Lipinski definition) is 1. The molecule has 0 fully saturated rings. The van der Waals surface area contributed by atoms with E-state index in [1.54, 1.807) is 18.2 Å². The van der Waals surface area contributed by atoms with Gasteiger partial charge in [0.15, 0.2) is 11.0 Å². The Morgan fingerprint density at radius 1 is 1.39 bits per heavy atom. The van der Waals surface area contributed by atoms with Crippen molar-refractivity contribution >= 4 is 45.9 Å². The normalized spacial score (nSPS) is 10.2. The van der Waals surface area contributed by atoms with Crippen LogP contribution in [0.4, 0.5) is 10.2 Å². The third kappa shape index (κ3) is 2.94. The molecule has 1 aromatic carbocycles. The molecule has 1 aromatic heterocycles. The number of halogens is 3. The van der Waals surface area contributed by atoms with Crippen LogP contribution in [0.25, 0.3) is 0 Å². The lowest BCUT2D eigenvalue weighted by Crippen LogP contribution is -2.14. The van der Waals surface area contributed by atoms with Crippen molar-refractivity contribution in [2.45, 2.75) is 0 Å². The van der Waals surface area contributed by atoms with Gasteiger partial charge < -0.3 is 5.32 Å². The topological polar surface area (TPSA) is 54.9 Å². The van der Waals surface area contributed by atoms with Crippen LogP contribution in [0, 0.1) is 9.39 Å². The van der Waals surface area contributed by atoms with Crippen molar-refractivity contribution in [2.24, 2.45) is 0 Å². The minimum Gasteiger partial charge on any atom is -0.304 e. The fraction of sp³-hybridized carbons (Fsp3) is 0. The largest absolute Gasteiger partial charge is 0.304 e. The monoisotopic (exact) mass is 377 g/mol. The summed E-state index contributed by atoms with van der Waals surface area (Å²) in [6.45, 7) is 0. The number of carbonyl (C=O) groups is 1. The summed E-state index contributed by atoms with van der Waals surface area (Å²) in [5.74, 6) is -1.54. The molecule has 0 aliphatic carbocycles. The highest BCUT2D eigenvalue weighted by atomic mass is 127. The first-order chi connectivity index (χ1) is 8.58. The minimum atomic E-state index is -0.849.